The molecule has 6 nitrogen and oxygen atoms in total. The largest absolute Gasteiger partial charge is 0.507 e. The van der Waals surface area contributed by atoms with Gasteiger partial charge in [-0.2, -0.15) is 0 Å². The smallest absolute Gasteiger partial charge is 0.379 e. The van der Waals surface area contributed by atoms with Crippen LogP contribution >= 0.6 is 0 Å². The van der Waals surface area contributed by atoms with Gasteiger partial charge in [-0.1, -0.05) is 48.5 Å². The van der Waals surface area contributed by atoms with Gasteiger partial charge in [0.2, 0.25) is 0 Å². The minimum absolute atomic E-state index is 0.0271. The fourth-order valence-corrected chi connectivity index (χ4v) is 3.09. The van der Waals surface area contributed by atoms with Crippen LogP contribution in [-0.2, 0) is 14.3 Å². The van der Waals surface area contributed by atoms with Gasteiger partial charge in [0, 0.05) is 33.8 Å². The highest BCUT2D eigenvalue weighted by Gasteiger charge is 2.21. The third-order valence-electron chi connectivity index (χ3n) is 4.53. The molecule has 6 heteroatoms. The van der Waals surface area contributed by atoms with Gasteiger partial charge in [-0.3, -0.25) is 9.59 Å². The summed E-state index contributed by atoms with van der Waals surface area (Å²) >= 11 is 0. The Morgan fingerprint density at radius 2 is 1.70 bits per heavy atom. The average Bonchev–Trinajstić information content (AvgIpc) is 3.07. The number of carbonyl (C=O) groups excluding carboxylic acids is 3. The number of aryl methyl sites for hydroxylation is 1. The lowest BCUT2D eigenvalue weighted by Crippen LogP contribution is -2.16. The molecule has 0 saturated heterocycles. The quantitative estimate of drug-likeness (QED) is 0.153. The van der Waals surface area contributed by atoms with Crippen LogP contribution in [0.15, 0.2) is 72.0 Å². The molecule has 3 aromatic rings. The number of aromatic amines is 1. The Hall–Kier alpha value is -3.93. The van der Waals surface area contributed by atoms with Gasteiger partial charge in [0.05, 0.1) is 12.2 Å². The molecule has 0 spiro atoms. The van der Waals surface area contributed by atoms with Crippen molar-refractivity contribution < 1.29 is 24.2 Å². The first-order valence-electron chi connectivity index (χ1n) is 9.43. The van der Waals surface area contributed by atoms with Crippen molar-refractivity contribution in [2.75, 3.05) is 6.61 Å². The van der Waals surface area contributed by atoms with E-state index in [1.807, 2.05) is 31.2 Å². The third kappa shape index (κ3) is 4.38. The van der Waals surface area contributed by atoms with Crippen molar-refractivity contribution in [3.05, 3.63) is 88.8 Å². The van der Waals surface area contributed by atoms with Gasteiger partial charge in [0.1, 0.15) is 5.76 Å². The van der Waals surface area contributed by atoms with Crippen molar-refractivity contribution in [3.8, 4) is 0 Å². The van der Waals surface area contributed by atoms with E-state index in [1.54, 1.807) is 37.3 Å². The number of Topliss-reactive ketones (excluding diaryl/α,β-unsaturated/α-hetero) is 1. The lowest BCUT2D eigenvalue weighted by atomic mass is 9.97. The summed E-state index contributed by atoms with van der Waals surface area (Å²) in [5.74, 6) is -3.23. The number of ketones is 2. The van der Waals surface area contributed by atoms with Crippen molar-refractivity contribution >= 4 is 34.5 Å². The van der Waals surface area contributed by atoms with Gasteiger partial charge in [0.15, 0.2) is 5.78 Å². The summed E-state index contributed by atoms with van der Waals surface area (Å²) in [5.41, 5.74) is 2.60. The molecule has 0 fully saturated rings. The maximum absolute atomic E-state index is 13.1. The molecule has 152 valence electrons. The summed E-state index contributed by atoms with van der Waals surface area (Å²) in [5, 5.41) is 11.5. The molecule has 0 aliphatic carbocycles. The predicted molar refractivity (Wildman–Crippen MR) is 114 cm³/mol. The first-order chi connectivity index (χ1) is 14.4. The highest BCUT2D eigenvalue weighted by atomic mass is 16.5. The number of hydrogen-bond acceptors (Lipinski definition) is 5. The Bertz CT molecular complexity index is 1170. The Morgan fingerprint density at radius 3 is 2.40 bits per heavy atom. The van der Waals surface area contributed by atoms with Crippen molar-refractivity contribution in [3.63, 3.8) is 0 Å². The maximum atomic E-state index is 13.1. The van der Waals surface area contributed by atoms with E-state index in [1.165, 1.54) is 6.08 Å². The zero-order valence-electron chi connectivity index (χ0n) is 16.6. The molecule has 30 heavy (non-hydrogen) atoms. The standard InChI is InChI=1S/C24H21NO5/c1-3-30-24(29)22(27)14-21(26)19(23(28)16-9-5-4-6-10-16)13-18-15(2)25-20-12-8-7-11-17(18)20/h4-14,25-26H,3H2,1-2H3/b19-13-,21-14-. The van der Waals surface area contributed by atoms with E-state index in [9.17, 15) is 19.5 Å². The van der Waals surface area contributed by atoms with Crippen LogP contribution in [0.4, 0.5) is 0 Å². The average molecular weight is 403 g/mol. The fraction of sp³-hybridized carbons (Fsp3) is 0.125. The van der Waals surface area contributed by atoms with Gasteiger partial charge in [0.25, 0.3) is 5.78 Å². The predicted octanol–water partition coefficient (Wildman–Crippen LogP) is 4.32. The van der Waals surface area contributed by atoms with E-state index in [2.05, 4.69) is 9.72 Å². The van der Waals surface area contributed by atoms with Gasteiger partial charge in [-0.25, -0.2) is 4.79 Å². The number of aliphatic hydroxyl groups is 1. The summed E-state index contributed by atoms with van der Waals surface area (Å²) in [6.45, 7) is 3.44. The number of esters is 1. The number of aliphatic hydroxyl groups excluding tert-OH is 1. The Kier molecular flexibility index (Phi) is 6.27. The van der Waals surface area contributed by atoms with Crippen LogP contribution < -0.4 is 0 Å². The fourth-order valence-electron chi connectivity index (χ4n) is 3.09. The molecule has 0 bridgehead atoms. The Morgan fingerprint density at radius 1 is 1.03 bits per heavy atom. The van der Waals surface area contributed by atoms with Crippen molar-refractivity contribution in [2.24, 2.45) is 0 Å². The van der Waals surface area contributed by atoms with Crippen LogP contribution in [0, 0.1) is 6.92 Å². The summed E-state index contributed by atoms with van der Waals surface area (Å²) in [4.78, 5) is 40.0. The molecule has 0 atom stereocenters. The van der Waals surface area contributed by atoms with E-state index in [4.69, 9.17) is 0 Å². The summed E-state index contributed by atoms with van der Waals surface area (Å²) in [6, 6.07) is 15.9. The number of rotatable bonds is 7. The molecule has 0 amide bonds. The highest BCUT2D eigenvalue weighted by molar-refractivity contribution is 6.38. The molecule has 0 aliphatic rings. The molecule has 1 aromatic heterocycles. The minimum atomic E-state index is -1.10. The number of carbonyl (C=O) groups is 3. The van der Waals surface area contributed by atoms with Crippen LogP contribution in [-0.4, -0.2) is 34.2 Å². The SMILES string of the molecule is CCOC(=O)C(=O)/C=C(O)/C(=C/c1c(C)[nH]c2ccccc12)C(=O)c1ccccc1. The Balaban J connectivity index is 2.13. The highest BCUT2D eigenvalue weighted by Crippen LogP contribution is 2.27. The van der Waals surface area contributed by atoms with Gasteiger partial charge < -0.3 is 14.8 Å². The first-order valence-corrected chi connectivity index (χ1v) is 9.43. The summed E-state index contributed by atoms with van der Waals surface area (Å²) in [6.07, 6.45) is 2.24. The molecule has 0 radical (unpaired) electrons. The monoisotopic (exact) mass is 403 g/mol. The number of ether oxygens (including phenoxy) is 1. The van der Waals surface area contributed by atoms with Crippen LogP contribution in [0.3, 0.4) is 0 Å². The molecule has 2 N–H and O–H groups in total. The zero-order valence-corrected chi connectivity index (χ0v) is 16.6. The molecule has 0 unspecified atom stereocenters. The molecule has 2 aromatic carbocycles. The van der Waals surface area contributed by atoms with Crippen LogP contribution in [0.5, 0.6) is 0 Å². The lowest BCUT2D eigenvalue weighted by molar-refractivity contribution is -0.151. The van der Waals surface area contributed by atoms with Crippen LogP contribution in [0.1, 0.15) is 28.5 Å². The molecule has 3 rings (SSSR count). The summed E-state index contributed by atoms with van der Waals surface area (Å²) < 4.78 is 4.66. The van der Waals surface area contributed by atoms with E-state index in [-0.39, 0.29) is 12.2 Å². The number of para-hydroxylation sites is 1. The molecule has 0 saturated carbocycles. The number of aromatic nitrogens is 1. The number of benzene rings is 2. The number of nitrogens with one attached hydrogen (secondary N) is 1. The van der Waals surface area contributed by atoms with Gasteiger partial charge in [-0.05, 0) is 26.0 Å². The maximum Gasteiger partial charge on any atom is 0.379 e. The topological polar surface area (TPSA) is 96.5 Å². The van der Waals surface area contributed by atoms with Crippen LogP contribution in [0.25, 0.3) is 17.0 Å². The third-order valence-corrected chi connectivity index (χ3v) is 4.53. The summed E-state index contributed by atoms with van der Waals surface area (Å²) in [7, 11) is 0. The van der Waals surface area contributed by atoms with Gasteiger partial charge in [-0.15, -0.1) is 0 Å². The van der Waals surface area contributed by atoms with Crippen LogP contribution in [0.2, 0.25) is 0 Å². The van der Waals surface area contributed by atoms with Crippen molar-refractivity contribution in [2.45, 2.75) is 13.8 Å². The molecular formula is C24H21NO5. The van der Waals surface area contributed by atoms with E-state index < -0.39 is 23.3 Å². The second-order valence-electron chi connectivity index (χ2n) is 6.58. The number of allylic oxidation sites excluding steroid dienone is 1. The molecular weight excluding hydrogens is 382 g/mol. The van der Waals surface area contributed by atoms with Gasteiger partial charge >= 0.3 is 5.97 Å². The lowest BCUT2D eigenvalue weighted by Gasteiger charge is -2.07. The molecule has 0 aliphatic heterocycles. The van der Waals surface area contributed by atoms with E-state index in [0.717, 1.165) is 22.7 Å². The van der Waals surface area contributed by atoms with Crippen molar-refractivity contribution in [1.29, 1.82) is 0 Å². The normalized spacial score (nSPS) is 12.1. The Labute approximate surface area is 173 Å². The number of fused-ring (bicyclic) bond motifs is 1. The second-order valence-corrected chi connectivity index (χ2v) is 6.58. The number of hydrogen-bond donors (Lipinski definition) is 2. The van der Waals surface area contributed by atoms with E-state index >= 15 is 0 Å². The molecule has 1 heterocycles. The zero-order chi connectivity index (χ0) is 21.7. The van der Waals surface area contributed by atoms with Crippen molar-refractivity contribution in [1.82, 2.24) is 4.98 Å². The van der Waals surface area contributed by atoms with E-state index in [0.29, 0.717) is 11.1 Å². The first kappa shape index (κ1) is 20.8. The number of H-pyrrole nitrogens is 1. The second kappa shape index (κ2) is 9.05. The minimum Gasteiger partial charge on any atom is -0.507 e.